The van der Waals surface area contributed by atoms with E-state index in [1.165, 1.54) is 0 Å². The lowest BCUT2D eigenvalue weighted by Crippen LogP contribution is -2.39. The normalized spacial score (nSPS) is 19.3. The minimum Gasteiger partial charge on any atom is -0.381 e. The van der Waals surface area contributed by atoms with Crippen molar-refractivity contribution in [1.82, 2.24) is 19.9 Å². The largest absolute Gasteiger partial charge is 0.381 e. The van der Waals surface area contributed by atoms with E-state index in [2.05, 4.69) is 21.4 Å². The number of hydrogen-bond acceptors (Lipinski definition) is 5. The number of carbonyl (C=O) groups excluding carboxylic acids is 1. The number of imidazole rings is 1. The number of pyridine rings is 1. The summed E-state index contributed by atoms with van der Waals surface area (Å²) in [4.78, 5) is 21.7. The number of fused-ring (bicyclic) bond motifs is 1. The molecule has 28 heavy (non-hydrogen) atoms. The Bertz CT molecular complexity index is 1030. The summed E-state index contributed by atoms with van der Waals surface area (Å²) in [5.41, 5.74) is 0.825. The molecular weight excluding hydrogens is 354 g/mol. The van der Waals surface area contributed by atoms with Crippen LogP contribution in [0.4, 0.5) is 0 Å². The first-order valence-electron chi connectivity index (χ1n) is 9.35. The standard InChI is InChI=1S/C21H21N5O2/c1-28-17-6-4-16(5-7-17)24-21(27)20-18-10-14(12-22)2-3-15(18)11-19(25-20)26-9-8-23-13-26/h2-3,8-11,13,16-17H,4-7H2,1H3,(H,24,27)/t16-,17-. The average molecular weight is 375 g/mol. The number of carbonyl (C=O) groups is 1. The molecule has 2 heterocycles. The molecule has 7 heteroatoms. The number of hydrogen-bond donors (Lipinski definition) is 1. The van der Waals surface area contributed by atoms with Gasteiger partial charge in [0.15, 0.2) is 0 Å². The smallest absolute Gasteiger partial charge is 0.270 e. The lowest BCUT2D eigenvalue weighted by molar-refractivity contribution is 0.0598. The van der Waals surface area contributed by atoms with Crippen LogP contribution in [0, 0.1) is 11.3 Å². The Morgan fingerprint density at radius 2 is 2.11 bits per heavy atom. The predicted molar refractivity (Wildman–Crippen MR) is 104 cm³/mol. The van der Waals surface area contributed by atoms with E-state index in [-0.39, 0.29) is 18.1 Å². The van der Waals surface area contributed by atoms with Crippen molar-refractivity contribution in [3.63, 3.8) is 0 Å². The van der Waals surface area contributed by atoms with Crippen LogP contribution in [0.25, 0.3) is 16.6 Å². The molecule has 1 fully saturated rings. The van der Waals surface area contributed by atoms with Crippen molar-refractivity contribution in [1.29, 1.82) is 5.26 Å². The topological polar surface area (TPSA) is 92.8 Å². The molecule has 1 aromatic carbocycles. The summed E-state index contributed by atoms with van der Waals surface area (Å²) in [6.07, 6.45) is 9.00. The van der Waals surface area contributed by atoms with Gasteiger partial charge in [-0.25, -0.2) is 9.97 Å². The molecule has 1 amide bonds. The van der Waals surface area contributed by atoms with Crippen molar-refractivity contribution in [2.75, 3.05) is 7.11 Å². The summed E-state index contributed by atoms with van der Waals surface area (Å²) in [5, 5.41) is 13.9. The molecule has 7 nitrogen and oxygen atoms in total. The minimum atomic E-state index is -0.220. The third-order valence-corrected chi connectivity index (χ3v) is 5.28. The third-order valence-electron chi connectivity index (χ3n) is 5.28. The Balaban J connectivity index is 1.69. The molecule has 142 valence electrons. The van der Waals surface area contributed by atoms with Gasteiger partial charge in [-0.1, -0.05) is 6.07 Å². The van der Waals surface area contributed by atoms with Gasteiger partial charge in [-0.2, -0.15) is 5.26 Å². The molecule has 3 aromatic rings. The highest BCUT2D eigenvalue weighted by atomic mass is 16.5. The maximum absolute atomic E-state index is 13.1. The van der Waals surface area contributed by atoms with E-state index in [0.29, 0.717) is 22.5 Å². The molecule has 1 aliphatic rings. The number of amides is 1. The highest BCUT2D eigenvalue weighted by Crippen LogP contribution is 2.24. The highest BCUT2D eigenvalue weighted by Gasteiger charge is 2.24. The van der Waals surface area contributed by atoms with Crippen LogP contribution in [0.2, 0.25) is 0 Å². The van der Waals surface area contributed by atoms with Crippen molar-refractivity contribution < 1.29 is 9.53 Å². The molecule has 1 aliphatic carbocycles. The first-order chi connectivity index (χ1) is 13.7. The summed E-state index contributed by atoms with van der Waals surface area (Å²) in [7, 11) is 1.73. The van der Waals surface area contributed by atoms with Crippen LogP contribution in [-0.2, 0) is 4.74 Å². The summed E-state index contributed by atoms with van der Waals surface area (Å²) in [6, 6.07) is 9.43. The minimum absolute atomic E-state index is 0.104. The zero-order chi connectivity index (χ0) is 19.5. The van der Waals surface area contributed by atoms with Gasteiger partial charge in [0, 0.05) is 30.9 Å². The second-order valence-electron chi connectivity index (χ2n) is 7.03. The number of nitriles is 1. The molecule has 1 N–H and O–H groups in total. The quantitative estimate of drug-likeness (QED) is 0.757. The van der Waals surface area contributed by atoms with Gasteiger partial charge >= 0.3 is 0 Å². The number of ether oxygens (including phenoxy) is 1. The van der Waals surface area contributed by atoms with Crippen LogP contribution >= 0.6 is 0 Å². The SMILES string of the molecule is CO[C@H]1CC[C@H](NC(=O)c2nc(-n3ccnc3)cc3ccc(C#N)cc23)CC1. The van der Waals surface area contributed by atoms with Crippen molar-refractivity contribution in [2.24, 2.45) is 0 Å². The second kappa shape index (κ2) is 7.79. The summed E-state index contributed by atoms with van der Waals surface area (Å²) < 4.78 is 7.17. The van der Waals surface area contributed by atoms with Crippen LogP contribution in [0.3, 0.4) is 0 Å². The molecular formula is C21H21N5O2. The maximum Gasteiger partial charge on any atom is 0.270 e. The van der Waals surface area contributed by atoms with Crippen molar-refractivity contribution in [3.05, 3.63) is 54.2 Å². The van der Waals surface area contributed by atoms with E-state index in [1.54, 1.807) is 42.5 Å². The molecule has 0 atom stereocenters. The number of aromatic nitrogens is 3. The van der Waals surface area contributed by atoms with Crippen LogP contribution in [0.5, 0.6) is 0 Å². The molecule has 0 bridgehead atoms. The molecule has 0 spiro atoms. The number of nitrogens with zero attached hydrogens (tertiary/aromatic N) is 4. The molecule has 1 saturated carbocycles. The van der Waals surface area contributed by atoms with Crippen molar-refractivity contribution >= 4 is 16.7 Å². The van der Waals surface area contributed by atoms with Gasteiger partial charge in [-0.3, -0.25) is 9.36 Å². The zero-order valence-corrected chi connectivity index (χ0v) is 15.6. The number of rotatable bonds is 4. The van der Waals surface area contributed by atoms with Gasteiger partial charge in [-0.05, 0) is 49.3 Å². The first-order valence-corrected chi connectivity index (χ1v) is 9.35. The summed E-state index contributed by atoms with van der Waals surface area (Å²) >= 11 is 0. The van der Waals surface area contributed by atoms with Gasteiger partial charge in [0.1, 0.15) is 17.8 Å². The molecule has 0 saturated heterocycles. The van der Waals surface area contributed by atoms with Gasteiger partial charge in [0.05, 0.1) is 17.7 Å². The number of methoxy groups -OCH3 is 1. The van der Waals surface area contributed by atoms with Gasteiger partial charge < -0.3 is 10.1 Å². The first kappa shape index (κ1) is 18.1. The molecule has 0 aliphatic heterocycles. The van der Waals surface area contributed by atoms with Gasteiger partial charge in [0.2, 0.25) is 0 Å². The van der Waals surface area contributed by atoms with Crippen LogP contribution < -0.4 is 5.32 Å². The third kappa shape index (κ3) is 3.59. The maximum atomic E-state index is 13.1. The molecule has 0 unspecified atom stereocenters. The lowest BCUT2D eigenvalue weighted by atomic mass is 9.93. The summed E-state index contributed by atoms with van der Waals surface area (Å²) in [6.45, 7) is 0. The van der Waals surface area contributed by atoms with E-state index in [0.717, 1.165) is 31.1 Å². The fourth-order valence-electron chi connectivity index (χ4n) is 3.70. The van der Waals surface area contributed by atoms with E-state index < -0.39 is 0 Å². The predicted octanol–water partition coefficient (Wildman–Crippen LogP) is 2.98. The molecule has 2 aromatic heterocycles. The summed E-state index contributed by atoms with van der Waals surface area (Å²) in [5.74, 6) is 0.394. The Morgan fingerprint density at radius 1 is 1.29 bits per heavy atom. The zero-order valence-electron chi connectivity index (χ0n) is 15.6. The van der Waals surface area contributed by atoms with Gasteiger partial charge in [0.25, 0.3) is 5.91 Å². The van der Waals surface area contributed by atoms with Crippen LogP contribution in [0.15, 0.2) is 43.0 Å². The van der Waals surface area contributed by atoms with E-state index in [1.807, 2.05) is 12.1 Å². The number of benzene rings is 1. The molecule has 4 rings (SSSR count). The molecule has 0 radical (unpaired) electrons. The Kier molecular flexibility index (Phi) is 5.04. The second-order valence-corrected chi connectivity index (χ2v) is 7.03. The lowest BCUT2D eigenvalue weighted by Gasteiger charge is -2.28. The average Bonchev–Trinajstić information content (AvgIpc) is 3.28. The van der Waals surface area contributed by atoms with Gasteiger partial charge in [-0.15, -0.1) is 0 Å². The van der Waals surface area contributed by atoms with Crippen LogP contribution in [-0.4, -0.2) is 39.7 Å². The Labute approximate surface area is 163 Å². The van der Waals surface area contributed by atoms with E-state index >= 15 is 0 Å². The fourth-order valence-corrected chi connectivity index (χ4v) is 3.70. The fraction of sp³-hybridized carbons (Fsp3) is 0.333. The van der Waals surface area contributed by atoms with E-state index in [4.69, 9.17) is 4.74 Å². The monoisotopic (exact) mass is 375 g/mol. The Morgan fingerprint density at radius 3 is 2.79 bits per heavy atom. The van der Waals surface area contributed by atoms with E-state index in [9.17, 15) is 10.1 Å². The highest BCUT2D eigenvalue weighted by molar-refractivity contribution is 6.06. The van der Waals surface area contributed by atoms with Crippen LogP contribution in [0.1, 0.15) is 41.7 Å². The van der Waals surface area contributed by atoms with Crippen molar-refractivity contribution in [3.8, 4) is 11.9 Å². The van der Waals surface area contributed by atoms with Crippen molar-refractivity contribution in [2.45, 2.75) is 37.8 Å². The number of nitrogens with one attached hydrogen (secondary N) is 1. The Hall–Kier alpha value is -3.24.